The number of carbonyl (C=O) groups excluding carboxylic acids is 2. The Kier molecular flexibility index (Phi) is 5.17. The van der Waals surface area contributed by atoms with Crippen molar-refractivity contribution in [2.45, 2.75) is 19.4 Å². The van der Waals surface area contributed by atoms with Crippen molar-refractivity contribution in [3.8, 4) is 0 Å². The summed E-state index contributed by atoms with van der Waals surface area (Å²) in [7, 11) is 0. The number of rotatable bonds is 5. The number of ether oxygens (including phenoxy) is 1. The molecule has 0 aliphatic heterocycles. The first-order chi connectivity index (χ1) is 12.6. The van der Waals surface area contributed by atoms with E-state index in [-0.39, 0.29) is 17.8 Å². The van der Waals surface area contributed by atoms with E-state index in [2.05, 4.69) is 15.3 Å². The number of para-hydroxylation sites is 3. The molecule has 1 atom stereocenters. The first-order valence-electron chi connectivity index (χ1n) is 8.06. The fourth-order valence-electron chi connectivity index (χ4n) is 2.34. The van der Waals surface area contributed by atoms with Gasteiger partial charge in [-0.25, -0.2) is 14.2 Å². The molecule has 26 heavy (non-hydrogen) atoms. The van der Waals surface area contributed by atoms with Crippen LogP contribution in [0.15, 0.2) is 54.7 Å². The Balaban J connectivity index is 1.72. The fraction of sp³-hybridized carbons (Fsp3) is 0.158. The summed E-state index contributed by atoms with van der Waals surface area (Å²) in [6.45, 7) is 1.69. The molecule has 0 aliphatic carbocycles. The first-order valence-corrected chi connectivity index (χ1v) is 8.06. The highest BCUT2D eigenvalue weighted by molar-refractivity contribution is 5.97. The van der Waals surface area contributed by atoms with Crippen LogP contribution in [-0.4, -0.2) is 27.9 Å². The molecule has 0 saturated carbocycles. The number of hydrogen-bond donors (Lipinski definition) is 1. The average Bonchev–Trinajstić information content (AvgIpc) is 2.67. The zero-order valence-corrected chi connectivity index (χ0v) is 14.0. The van der Waals surface area contributed by atoms with E-state index in [1.165, 1.54) is 24.4 Å². The van der Waals surface area contributed by atoms with Gasteiger partial charge >= 0.3 is 5.97 Å². The van der Waals surface area contributed by atoms with Crippen LogP contribution < -0.4 is 5.32 Å². The number of aromatic nitrogens is 2. The smallest absolute Gasteiger partial charge is 0.359 e. The molecule has 0 spiro atoms. The summed E-state index contributed by atoms with van der Waals surface area (Å²) in [4.78, 5) is 32.9. The van der Waals surface area contributed by atoms with E-state index in [0.717, 1.165) is 0 Å². The van der Waals surface area contributed by atoms with Crippen LogP contribution in [0.4, 0.5) is 10.1 Å². The van der Waals surface area contributed by atoms with E-state index in [9.17, 15) is 14.0 Å². The normalized spacial score (nSPS) is 11.8. The maximum atomic E-state index is 13.7. The predicted octanol–water partition coefficient (Wildman–Crippen LogP) is 3.34. The molecule has 3 aromatic rings. The van der Waals surface area contributed by atoms with Crippen LogP contribution in [0.3, 0.4) is 0 Å². The number of benzene rings is 2. The van der Waals surface area contributed by atoms with Gasteiger partial charge in [0.2, 0.25) is 0 Å². The minimum Gasteiger partial charge on any atom is -0.447 e. The molecule has 0 aliphatic rings. The van der Waals surface area contributed by atoms with Crippen molar-refractivity contribution in [1.82, 2.24) is 9.97 Å². The van der Waals surface area contributed by atoms with Crippen LogP contribution in [-0.2, 0) is 9.53 Å². The van der Waals surface area contributed by atoms with Crippen molar-refractivity contribution >= 4 is 28.6 Å². The van der Waals surface area contributed by atoms with Gasteiger partial charge < -0.3 is 10.1 Å². The molecule has 1 heterocycles. The van der Waals surface area contributed by atoms with E-state index >= 15 is 0 Å². The molecule has 0 fully saturated rings. The summed E-state index contributed by atoms with van der Waals surface area (Å²) in [5.41, 5.74) is 1.22. The highest BCUT2D eigenvalue weighted by Gasteiger charge is 2.23. The zero-order valence-electron chi connectivity index (χ0n) is 14.0. The van der Waals surface area contributed by atoms with E-state index in [4.69, 9.17) is 4.74 Å². The van der Waals surface area contributed by atoms with Gasteiger partial charge in [-0.3, -0.25) is 9.78 Å². The van der Waals surface area contributed by atoms with Crippen molar-refractivity contribution in [2.24, 2.45) is 0 Å². The van der Waals surface area contributed by atoms with Crippen LogP contribution in [0.2, 0.25) is 0 Å². The Bertz CT molecular complexity index is 961. The molecule has 3 rings (SSSR count). The quantitative estimate of drug-likeness (QED) is 0.712. The second kappa shape index (κ2) is 7.69. The molecule has 7 heteroatoms. The summed E-state index contributed by atoms with van der Waals surface area (Å²) in [6.07, 6.45) is 0.453. The van der Waals surface area contributed by atoms with Crippen molar-refractivity contribution in [2.75, 3.05) is 5.32 Å². The van der Waals surface area contributed by atoms with Crippen molar-refractivity contribution in [1.29, 1.82) is 0 Å². The highest BCUT2D eigenvalue weighted by Crippen LogP contribution is 2.15. The third-order valence-corrected chi connectivity index (χ3v) is 3.70. The molecule has 132 valence electrons. The summed E-state index contributed by atoms with van der Waals surface area (Å²) in [6, 6.07) is 12.9. The van der Waals surface area contributed by atoms with Crippen LogP contribution in [0, 0.1) is 5.82 Å². The van der Waals surface area contributed by atoms with Gasteiger partial charge in [-0.1, -0.05) is 31.2 Å². The van der Waals surface area contributed by atoms with Gasteiger partial charge in [-0.05, 0) is 30.7 Å². The van der Waals surface area contributed by atoms with Crippen LogP contribution in [0.5, 0.6) is 0 Å². The maximum Gasteiger partial charge on any atom is 0.359 e. The Labute approximate surface area is 149 Å². The Morgan fingerprint density at radius 2 is 1.81 bits per heavy atom. The number of esters is 1. The molecule has 0 radical (unpaired) electrons. The molecule has 1 aromatic heterocycles. The minimum absolute atomic E-state index is 0.000779. The maximum absolute atomic E-state index is 13.7. The number of anilines is 1. The van der Waals surface area contributed by atoms with Crippen LogP contribution >= 0.6 is 0 Å². The van der Waals surface area contributed by atoms with Crippen LogP contribution in [0.1, 0.15) is 23.8 Å². The molecular formula is C19H16FN3O3. The van der Waals surface area contributed by atoms with Gasteiger partial charge in [-0.15, -0.1) is 0 Å². The number of nitrogens with one attached hydrogen (secondary N) is 1. The predicted molar refractivity (Wildman–Crippen MR) is 94.1 cm³/mol. The molecule has 1 unspecified atom stereocenters. The lowest BCUT2D eigenvalue weighted by Gasteiger charge is -2.16. The number of fused-ring (bicyclic) bond motifs is 1. The van der Waals surface area contributed by atoms with Crippen molar-refractivity contribution in [3.05, 3.63) is 66.2 Å². The topological polar surface area (TPSA) is 81.2 Å². The van der Waals surface area contributed by atoms with Gasteiger partial charge in [0.1, 0.15) is 5.82 Å². The van der Waals surface area contributed by atoms with Gasteiger partial charge in [-0.2, -0.15) is 0 Å². The van der Waals surface area contributed by atoms with Crippen molar-refractivity contribution in [3.63, 3.8) is 0 Å². The second-order valence-electron chi connectivity index (χ2n) is 5.52. The number of hydrogen-bond acceptors (Lipinski definition) is 5. The monoisotopic (exact) mass is 353 g/mol. The van der Waals surface area contributed by atoms with E-state index in [1.807, 2.05) is 6.07 Å². The summed E-state index contributed by atoms with van der Waals surface area (Å²) >= 11 is 0. The SMILES string of the molecule is CCC(OC(=O)c1cnc2ccccc2n1)C(=O)Nc1ccccc1F. The summed E-state index contributed by atoms with van der Waals surface area (Å²) in [5.74, 6) is -1.94. The van der Waals surface area contributed by atoms with Gasteiger partial charge in [0, 0.05) is 0 Å². The van der Waals surface area contributed by atoms with Gasteiger partial charge in [0.25, 0.3) is 5.91 Å². The third kappa shape index (κ3) is 3.83. The second-order valence-corrected chi connectivity index (χ2v) is 5.52. The molecule has 1 N–H and O–H groups in total. The molecular weight excluding hydrogens is 337 g/mol. The third-order valence-electron chi connectivity index (χ3n) is 3.70. The Hall–Kier alpha value is -3.35. The lowest BCUT2D eigenvalue weighted by atomic mass is 10.2. The number of nitrogens with zero attached hydrogens (tertiary/aromatic N) is 2. The Morgan fingerprint density at radius 1 is 1.12 bits per heavy atom. The molecule has 6 nitrogen and oxygen atoms in total. The van der Waals surface area contributed by atoms with E-state index in [1.54, 1.807) is 31.2 Å². The van der Waals surface area contributed by atoms with Crippen molar-refractivity contribution < 1.29 is 18.7 Å². The van der Waals surface area contributed by atoms with E-state index < -0.39 is 23.8 Å². The molecule has 0 saturated heterocycles. The Morgan fingerprint density at radius 3 is 2.54 bits per heavy atom. The standard InChI is InChI=1S/C19H16FN3O3/c1-2-17(18(24)23-13-8-4-3-7-12(13)20)26-19(25)16-11-21-14-9-5-6-10-15(14)22-16/h3-11,17H,2H2,1H3,(H,23,24). The number of carbonyl (C=O) groups is 2. The van der Waals surface area contributed by atoms with Gasteiger partial charge in [0.15, 0.2) is 11.8 Å². The lowest BCUT2D eigenvalue weighted by Crippen LogP contribution is -2.32. The first kappa shape index (κ1) is 17.5. The summed E-state index contributed by atoms with van der Waals surface area (Å²) < 4.78 is 18.9. The average molecular weight is 353 g/mol. The fourth-order valence-corrected chi connectivity index (χ4v) is 2.34. The minimum atomic E-state index is -1.07. The van der Waals surface area contributed by atoms with E-state index in [0.29, 0.717) is 11.0 Å². The summed E-state index contributed by atoms with van der Waals surface area (Å²) in [5, 5.41) is 2.42. The molecule has 2 aromatic carbocycles. The number of halogens is 1. The largest absolute Gasteiger partial charge is 0.447 e. The molecule has 0 bridgehead atoms. The zero-order chi connectivity index (χ0) is 18.5. The van der Waals surface area contributed by atoms with Crippen LogP contribution in [0.25, 0.3) is 11.0 Å². The molecule has 1 amide bonds. The van der Waals surface area contributed by atoms with Gasteiger partial charge in [0.05, 0.1) is 22.9 Å². The highest BCUT2D eigenvalue weighted by atomic mass is 19.1. The number of amides is 1. The lowest BCUT2D eigenvalue weighted by molar-refractivity contribution is -0.124.